The molecular formula is C15H21ClN2O2S. The fraction of sp³-hybridized carbons (Fsp3) is 0.600. The van der Waals surface area contributed by atoms with Crippen LogP contribution in [0, 0.1) is 5.92 Å². The van der Waals surface area contributed by atoms with Gasteiger partial charge < -0.3 is 10.2 Å². The average molecular weight is 329 g/mol. The number of piperazine rings is 1. The monoisotopic (exact) mass is 328 g/mol. The first-order chi connectivity index (χ1) is 9.81. The molecule has 4 nitrogen and oxygen atoms in total. The molecular weight excluding hydrogens is 308 g/mol. The topological polar surface area (TPSA) is 49.4 Å². The number of halogens is 1. The molecule has 2 amide bonds. The summed E-state index contributed by atoms with van der Waals surface area (Å²) in [5.41, 5.74) is 0. The molecule has 1 saturated heterocycles. The first-order valence-corrected chi connectivity index (χ1v) is 8.38. The van der Waals surface area contributed by atoms with Gasteiger partial charge in [0.05, 0.1) is 10.4 Å². The Morgan fingerprint density at radius 1 is 1.33 bits per heavy atom. The lowest BCUT2D eigenvalue weighted by Gasteiger charge is -2.41. The number of hydrogen-bond donors (Lipinski definition) is 1. The van der Waals surface area contributed by atoms with Crippen molar-refractivity contribution in [3.63, 3.8) is 0 Å². The highest BCUT2D eigenvalue weighted by Gasteiger charge is 2.41. The fourth-order valence-electron chi connectivity index (χ4n) is 2.70. The van der Waals surface area contributed by atoms with Crippen LogP contribution in [0.3, 0.4) is 0 Å². The summed E-state index contributed by atoms with van der Waals surface area (Å²) in [6.45, 7) is 7.81. The van der Waals surface area contributed by atoms with Crippen LogP contribution < -0.4 is 5.32 Å². The first kappa shape index (κ1) is 16.3. The number of rotatable bonds is 4. The van der Waals surface area contributed by atoms with E-state index < -0.39 is 12.1 Å². The van der Waals surface area contributed by atoms with Gasteiger partial charge in [-0.1, -0.05) is 25.4 Å². The van der Waals surface area contributed by atoms with Gasteiger partial charge in [-0.2, -0.15) is 0 Å². The lowest BCUT2D eigenvalue weighted by Crippen LogP contribution is -2.62. The Kier molecular flexibility index (Phi) is 4.94. The molecule has 1 N–H and O–H groups in total. The van der Waals surface area contributed by atoms with Crippen molar-refractivity contribution in [2.75, 3.05) is 0 Å². The average Bonchev–Trinajstić information content (AvgIpc) is 2.82. The third-order valence-electron chi connectivity index (χ3n) is 3.80. The molecule has 1 aromatic heterocycles. The fourth-order valence-corrected chi connectivity index (χ4v) is 3.81. The second-order valence-electron chi connectivity index (χ2n) is 5.93. The normalized spacial score (nSPS) is 24.4. The van der Waals surface area contributed by atoms with Crippen LogP contribution >= 0.6 is 22.9 Å². The van der Waals surface area contributed by atoms with Crippen LogP contribution in [0.2, 0.25) is 4.34 Å². The number of carbonyl (C=O) groups is 2. The first-order valence-electron chi connectivity index (χ1n) is 7.19. The predicted molar refractivity (Wildman–Crippen MR) is 85.4 cm³/mol. The van der Waals surface area contributed by atoms with E-state index in [-0.39, 0.29) is 17.9 Å². The van der Waals surface area contributed by atoms with Crippen LogP contribution in [0.15, 0.2) is 12.1 Å². The molecule has 0 aromatic carbocycles. The molecule has 1 aliphatic rings. The van der Waals surface area contributed by atoms with Crippen molar-refractivity contribution in [3.8, 4) is 0 Å². The van der Waals surface area contributed by atoms with Crippen LogP contribution in [0.4, 0.5) is 0 Å². The number of nitrogens with one attached hydrogen (secondary N) is 1. The van der Waals surface area contributed by atoms with Gasteiger partial charge in [-0.3, -0.25) is 9.59 Å². The van der Waals surface area contributed by atoms with Crippen molar-refractivity contribution < 1.29 is 9.59 Å². The summed E-state index contributed by atoms with van der Waals surface area (Å²) in [6.07, 6.45) is 0.658. The van der Waals surface area contributed by atoms with Gasteiger partial charge in [0.25, 0.3) is 0 Å². The van der Waals surface area contributed by atoms with Crippen molar-refractivity contribution in [2.45, 2.75) is 52.2 Å². The third kappa shape index (κ3) is 3.40. The highest BCUT2D eigenvalue weighted by molar-refractivity contribution is 7.16. The second kappa shape index (κ2) is 6.36. The van der Waals surface area contributed by atoms with Gasteiger partial charge in [0.15, 0.2) is 0 Å². The molecule has 0 spiro atoms. The minimum absolute atomic E-state index is 0.00665. The molecule has 1 aliphatic heterocycles. The highest BCUT2D eigenvalue weighted by atomic mass is 35.5. The number of carbonyl (C=O) groups excluding carboxylic acids is 2. The van der Waals surface area contributed by atoms with E-state index in [4.69, 9.17) is 11.6 Å². The van der Waals surface area contributed by atoms with Gasteiger partial charge in [0, 0.05) is 4.88 Å². The van der Waals surface area contributed by atoms with Crippen molar-refractivity contribution >= 4 is 34.8 Å². The minimum atomic E-state index is -0.461. The van der Waals surface area contributed by atoms with Gasteiger partial charge in [-0.25, -0.2) is 0 Å². The number of thiophene rings is 1. The molecule has 1 aromatic rings. The van der Waals surface area contributed by atoms with E-state index in [0.29, 0.717) is 16.7 Å². The van der Waals surface area contributed by atoms with Crippen molar-refractivity contribution in [1.82, 2.24) is 10.2 Å². The van der Waals surface area contributed by atoms with Crippen LogP contribution in [0.1, 0.15) is 45.0 Å². The molecule has 21 heavy (non-hydrogen) atoms. The van der Waals surface area contributed by atoms with Gasteiger partial charge in [0.1, 0.15) is 12.1 Å². The lowest BCUT2D eigenvalue weighted by molar-refractivity contribution is -0.151. The SMILES string of the molecule is CC(C)CC1NC(=O)C(C)N(C(C)c2ccc(Cl)s2)C1=O. The largest absolute Gasteiger partial charge is 0.343 e. The molecule has 0 aliphatic carbocycles. The zero-order valence-electron chi connectivity index (χ0n) is 12.7. The van der Waals surface area contributed by atoms with E-state index in [1.807, 2.05) is 32.9 Å². The van der Waals surface area contributed by atoms with Crippen molar-refractivity contribution in [1.29, 1.82) is 0 Å². The zero-order valence-corrected chi connectivity index (χ0v) is 14.3. The Morgan fingerprint density at radius 2 is 2.00 bits per heavy atom. The Labute approximate surface area is 134 Å². The van der Waals surface area contributed by atoms with Gasteiger partial charge in [-0.15, -0.1) is 11.3 Å². The Morgan fingerprint density at radius 3 is 2.52 bits per heavy atom. The van der Waals surface area contributed by atoms with Gasteiger partial charge in [0.2, 0.25) is 11.8 Å². The maximum atomic E-state index is 12.7. The third-order valence-corrected chi connectivity index (χ3v) is 5.20. The summed E-state index contributed by atoms with van der Waals surface area (Å²) in [4.78, 5) is 27.6. The van der Waals surface area contributed by atoms with Gasteiger partial charge in [-0.05, 0) is 38.3 Å². The van der Waals surface area contributed by atoms with Crippen molar-refractivity contribution in [2.24, 2.45) is 5.92 Å². The Balaban J connectivity index is 2.25. The number of hydrogen-bond acceptors (Lipinski definition) is 3. The number of amides is 2. The van der Waals surface area contributed by atoms with Crippen molar-refractivity contribution in [3.05, 3.63) is 21.3 Å². The predicted octanol–water partition coefficient (Wildman–Crippen LogP) is 3.22. The maximum Gasteiger partial charge on any atom is 0.246 e. The molecule has 1 fully saturated rings. The molecule has 0 saturated carbocycles. The summed E-state index contributed by atoms with van der Waals surface area (Å²) in [7, 11) is 0. The summed E-state index contributed by atoms with van der Waals surface area (Å²) in [5.74, 6) is 0.253. The van der Waals surface area contributed by atoms with Crippen LogP contribution in [-0.2, 0) is 9.59 Å². The van der Waals surface area contributed by atoms with E-state index in [9.17, 15) is 9.59 Å². The summed E-state index contributed by atoms with van der Waals surface area (Å²) in [6, 6.07) is 2.71. The smallest absolute Gasteiger partial charge is 0.246 e. The van der Waals surface area contributed by atoms with E-state index in [1.54, 1.807) is 11.8 Å². The molecule has 0 radical (unpaired) electrons. The number of nitrogens with zero attached hydrogens (tertiary/aromatic N) is 1. The lowest BCUT2D eigenvalue weighted by atomic mass is 9.97. The van der Waals surface area contributed by atoms with Crippen LogP contribution in [-0.4, -0.2) is 28.8 Å². The Bertz CT molecular complexity index is 544. The molecule has 2 heterocycles. The summed E-state index contributed by atoms with van der Waals surface area (Å²) >= 11 is 7.43. The highest BCUT2D eigenvalue weighted by Crippen LogP contribution is 2.33. The van der Waals surface area contributed by atoms with E-state index in [2.05, 4.69) is 5.32 Å². The maximum absolute atomic E-state index is 12.7. The van der Waals surface area contributed by atoms with Crippen LogP contribution in [0.5, 0.6) is 0 Å². The van der Waals surface area contributed by atoms with Gasteiger partial charge >= 0.3 is 0 Å². The van der Waals surface area contributed by atoms with Crippen LogP contribution in [0.25, 0.3) is 0 Å². The van der Waals surface area contributed by atoms with E-state index >= 15 is 0 Å². The van der Waals surface area contributed by atoms with E-state index in [1.165, 1.54) is 11.3 Å². The molecule has 6 heteroatoms. The minimum Gasteiger partial charge on any atom is -0.343 e. The molecule has 116 valence electrons. The molecule has 0 bridgehead atoms. The quantitative estimate of drug-likeness (QED) is 0.922. The second-order valence-corrected chi connectivity index (χ2v) is 7.68. The summed E-state index contributed by atoms with van der Waals surface area (Å²) in [5, 5.41) is 2.84. The van der Waals surface area contributed by atoms with E-state index in [0.717, 1.165) is 4.88 Å². The zero-order chi connectivity index (χ0) is 15.7. The molecule has 3 unspecified atom stereocenters. The Hall–Kier alpha value is -1.07. The summed E-state index contributed by atoms with van der Waals surface area (Å²) < 4.78 is 0.692. The molecule has 3 atom stereocenters. The molecule has 2 rings (SSSR count). The standard InChI is InChI=1S/C15H21ClN2O2S/c1-8(2)7-11-15(20)18(10(4)14(19)17-11)9(3)12-5-6-13(16)21-12/h5-6,8-11H,7H2,1-4H3,(H,17,19).